The zero-order chi connectivity index (χ0) is 11.2. The summed E-state index contributed by atoms with van der Waals surface area (Å²) in [6.45, 7) is 8.73. The summed E-state index contributed by atoms with van der Waals surface area (Å²) in [5, 5.41) is 3.58. The molecule has 2 aliphatic rings. The van der Waals surface area contributed by atoms with Crippen molar-refractivity contribution in [1.82, 2.24) is 15.1 Å². The van der Waals surface area contributed by atoms with E-state index in [0.29, 0.717) is 0 Å². The van der Waals surface area contributed by atoms with Crippen molar-refractivity contribution in [2.24, 2.45) is 0 Å². The molecule has 1 unspecified atom stereocenters. The van der Waals surface area contributed by atoms with Crippen LogP contribution in [-0.4, -0.2) is 75.4 Å². The largest absolute Gasteiger partial charge is 0.379 e. The molecule has 94 valence electrons. The highest BCUT2D eigenvalue weighted by atomic mass is 16.5. The van der Waals surface area contributed by atoms with Crippen LogP contribution in [0, 0.1) is 0 Å². The molecule has 0 saturated carbocycles. The number of ether oxygens (including phenoxy) is 1. The highest BCUT2D eigenvalue weighted by molar-refractivity contribution is 4.78. The fourth-order valence-corrected chi connectivity index (χ4v) is 2.57. The van der Waals surface area contributed by atoms with Gasteiger partial charge in [0.05, 0.1) is 13.2 Å². The van der Waals surface area contributed by atoms with Gasteiger partial charge in [0, 0.05) is 38.8 Å². The zero-order valence-corrected chi connectivity index (χ0v) is 10.5. The average molecular weight is 227 g/mol. The predicted molar refractivity (Wildman–Crippen MR) is 65.8 cm³/mol. The number of likely N-dealkylation sites (tertiary alicyclic amines) is 1. The molecule has 2 rings (SSSR count). The van der Waals surface area contributed by atoms with E-state index in [2.05, 4.69) is 22.2 Å². The molecule has 0 bridgehead atoms. The molecule has 0 amide bonds. The Bertz CT molecular complexity index is 195. The van der Waals surface area contributed by atoms with Crippen molar-refractivity contribution >= 4 is 0 Å². The van der Waals surface area contributed by atoms with Gasteiger partial charge in [-0.05, 0) is 26.4 Å². The lowest BCUT2D eigenvalue weighted by atomic mass is 10.2. The van der Waals surface area contributed by atoms with E-state index in [-0.39, 0.29) is 0 Å². The minimum Gasteiger partial charge on any atom is -0.379 e. The maximum atomic E-state index is 5.33. The second kappa shape index (κ2) is 6.55. The number of nitrogens with one attached hydrogen (secondary N) is 1. The van der Waals surface area contributed by atoms with Gasteiger partial charge in [0.1, 0.15) is 0 Å². The van der Waals surface area contributed by atoms with E-state index < -0.39 is 0 Å². The number of likely N-dealkylation sites (N-methyl/N-ethyl adjacent to an activating group) is 1. The van der Waals surface area contributed by atoms with Crippen LogP contribution < -0.4 is 5.32 Å². The molecule has 0 aromatic rings. The zero-order valence-electron chi connectivity index (χ0n) is 10.5. The number of morpholine rings is 1. The summed E-state index contributed by atoms with van der Waals surface area (Å²) in [4.78, 5) is 4.95. The molecule has 2 aliphatic heterocycles. The Hall–Kier alpha value is -0.160. The summed E-state index contributed by atoms with van der Waals surface area (Å²) in [6, 6.07) is 0.768. The topological polar surface area (TPSA) is 27.7 Å². The molecule has 2 saturated heterocycles. The first kappa shape index (κ1) is 12.3. The SMILES string of the molecule is CN1CCCC1CNCCN1CCOCC1. The molecular weight excluding hydrogens is 202 g/mol. The number of hydrogen-bond donors (Lipinski definition) is 1. The van der Waals surface area contributed by atoms with Gasteiger partial charge in [-0.2, -0.15) is 0 Å². The maximum Gasteiger partial charge on any atom is 0.0594 e. The van der Waals surface area contributed by atoms with Crippen molar-refractivity contribution in [1.29, 1.82) is 0 Å². The van der Waals surface area contributed by atoms with Crippen molar-refractivity contribution in [3.8, 4) is 0 Å². The van der Waals surface area contributed by atoms with E-state index in [1.54, 1.807) is 0 Å². The molecular formula is C12H25N3O. The van der Waals surface area contributed by atoms with E-state index >= 15 is 0 Å². The molecule has 1 atom stereocenters. The Morgan fingerprint density at radius 3 is 2.75 bits per heavy atom. The van der Waals surface area contributed by atoms with Crippen LogP contribution in [0.3, 0.4) is 0 Å². The van der Waals surface area contributed by atoms with Gasteiger partial charge in [-0.15, -0.1) is 0 Å². The van der Waals surface area contributed by atoms with Crippen molar-refractivity contribution < 1.29 is 4.74 Å². The summed E-state index contributed by atoms with van der Waals surface area (Å²) in [5.41, 5.74) is 0. The van der Waals surface area contributed by atoms with Crippen molar-refractivity contribution in [3.63, 3.8) is 0 Å². The normalized spacial score (nSPS) is 28.7. The van der Waals surface area contributed by atoms with Gasteiger partial charge in [-0.3, -0.25) is 4.90 Å². The Labute approximate surface area is 98.9 Å². The standard InChI is InChI=1S/C12H25N3O/c1-14-5-2-3-12(14)11-13-4-6-15-7-9-16-10-8-15/h12-13H,2-11H2,1H3. The van der Waals surface area contributed by atoms with E-state index in [1.807, 2.05) is 0 Å². The third-order valence-corrected chi connectivity index (χ3v) is 3.76. The van der Waals surface area contributed by atoms with Crippen LogP contribution in [0.1, 0.15) is 12.8 Å². The number of nitrogens with zero attached hydrogens (tertiary/aromatic N) is 2. The molecule has 0 spiro atoms. The van der Waals surface area contributed by atoms with Crippen LogP contribution in [0.4, 0.5) is 0 Å². The first-order valence-electron chi connectivity index (χ1n) is 6.57. The minimum atomic E-state index is 0.768. The van der Waals surface area contributed by atoms with E-state index in [9.17, 15) is 0 Å². The van der Waals surface area contributed by atoms with Gasteiger partial charge in [0.15, 0.2) is 0 Å². The van der Waals surface area contributed by atoms with Crippen molar-refractivity contribution in [2.45, 2.75) is 18.9 Å². The van der Waals surface area contributed by atoms with Gasteiger partial charge in [-0.1, -0.05) is 0 Å². The quantitative estimate of drug-likeness (QED) is 0.669. The van der Waals surface area contributed by atoms with Gasteiger partial charge < -0.3 is 15.0 Å². The van der Waals surface area contributed by atoms with E-state index in [0.717, 1.165) is 45.4 Å². The smallest absolute Gasteiger partial charge is 0.0594 e. The highest BCUT2D eigenvalue weighted by Gasteiger charge is 2.19. The molecule has 0 aromatic carbocycles. The van der Waals surface area contributed by atoms with Crippen LogP contribution in [-0.2, 0) is 4.74 Å². The third-order valence-electron chi connectivity index (χ3n) is 3.76. The Balaban J connectivity index is 1.51. The fourth-order valence-electron chi connectivity index (χ4n) is 2.57. The second-order valence-corrected chi connectivity index (χ2v) is 4.93. The summed E-state index contributed by atoms with van der Waals surface area (Å²) < 4.78 is 5.33. The Morgan fingerprint density at radius 1 is 1.25 bits per heavy atom. The van der Waals surface area contributed by atoms with Gasteiger partial charge in [0.2, 0.25) is 0 Å². The molecule has 0 radical (unpaired) electrons. The van der Waals surface area contributed by atoms with Crippen LogP contribution in [0.25, 0.3) is 0 Å². The number of rotatable bonds is 5. The molecule has 4 heteroatoms. The molecule has 2 fully saturated rings. The molecule has 4 nitrogen and oxygen atoms in total. The summed E-state index contributed by atoms with van der Waals surface area (Å²) >= 11 is 0. The third kappa shape index (κ3) is 3.70. The lowest BCUT2D eigenvalue weighted by Crippen LogP contribution is -2.42. The molecule has 0 aromatic heterocycles. The molecule has 0 aliphatic carbocycles. The Morgan fingerprint density at radius 2 is 2.06 bits per heavy atom. The van der Waals surface area contributed by atoms with Gasteiger partial charge in [-0.25, -0.2) is 0 Å². The van der Waals surface area contributed by atoms with Gasteiger partial charge in [0.25, 0.3) is 0 Å². The van der Waals surface area contributed by atoms with Gasteiger partial charge >= 0.3 is 0 Å². The maximum absolute atomic E-state index is 5.33. The fraction of sp³-hybridized carbons (Fsp3) is 1.00. The highest BCUT2D eigenvalue weighted by Crippen LogP contribution is 2.13. The first-order valence-corrected chi connectivity index (χ1v) is 6.57. The Kier molecular flexibility index (Phi) is 5.03. The predicted octanol–water partition coefficient (Wildman–Crippen LogP) is 0.00240. The summed E-state index contributed by atoms with van der Waals surface area (Å²) in [6.07, 6.45) is 2.73. The van der Waals surface area contributed by atoms with Crippen molar-refractivity contribution in [3.05, 3.63) is 0 Å². The lowest BCUT2D eigenvalue weighted by Gasteiger charge is -2.27. The van der Waals surface area contributed by atoms with Crippen LogP contribution in [0.15, 0.2) is 0 Å². The average Bonchev–Trinajstić information content (AvgIpc) is 2.72. The minimum absolute atomic E-state index is 0.768. The van der Waals surface area contributed by atoms with E-state index in [4.69, 9.17) is 4.74 Å². The second-order valence-electron chi connectivity index (χ2n) is 4.93. The van der Waals surface area contributed by atoms with Crippen molar-refractivity contribution in [2.75, 3.05) is 59.5 Å². The summed E-state index contributed by atoms with van der Waals surface area (Å²) in [7, 11) is 2.24. The lowest BCUT2D eigenvalue weighted by molar-refractivity contribution is 0.0383. The molecule has 1 N–H and O–H groups in total. The van der Waals surface area contributed by atoms with Crippen LogP contribution >= 0.6 is 0 Å². The van der Waals surface area contributed by atoms with E-state index in [1.165, 1.54) is 25.9 Å². The van der Waals surface area contributed by atoms with Crippen LogP contribution in [0.5, 0.6) is 0 Å². The monoisotopic (exact) mass is 227 g/mol. The molecule has 16 heavy (non-hydrogen) atoms. The number of hydrogen-bond acceptors (Lipinski definition) is 4. The molecule has 2 heterocycles. The summed E-state index contributed by atoms with van der Waals surface area (Å²) in [5.74, 6) is 0. The first-order chi connectivity index (χ1) is 7.86. The van der Waals surface area contributed by atoms with Crippen LogP contribution in [0.2, 0.25) is 0 Å².